The molecule has 0 aliphatic rings. The first kappa shape index (κ1) is 20.5. The van der Waals surface area contributed by atoms with Gasteiger partial charge in [0.05, 0.1) is 35.5 Å². The van der Waals surface area contributed by atoms with E-state index in [1.807, 2.05) is 0 Å². The van der Waals surface area contributed by atoms with Crippen molar-refractivity contribution >= 4 is 16.9 Å². The maximum Gasteiger partial charge on any atom is 0.416 e. The van der Waals surface area contributed by atoms with Crippen LogP contribution in [0.5, 0.6) is 0 Å². The number of alkyl halides is 3. The zero-order valence-corrected chi connectivity index (χ0v) is 15.0. The van der Waals surface area contributed by atoms with Crippen LogP contribution in [0, 0.1) is 0 Å². The standard InChI is InChI=1S/C19H17F3N4O3/c1-2-16(29)24-9-14-17-13(15(28)10-27)7-8-23-18(17)26(25-14)12-5-3-11(4-6-12)19(20,21)22/h2-8,15,27-28H,1,9-10H2,(H,24,29)/t15-/m0/s1. The predicted molar refractivity (Wildman–Crippen MR) is 98.0 cm³/mol. The molecule has 152 valence electrons. The smallest absolute Gasteiger partial charge is 0.393 e. The molecular formula is C19H17F3N4O3. The van der Waals surface area contributed by atoms with Crippen molar-refractivity contribution in [3.63, 3.8) is 0 Å². The van der Waals surface area contributed by atoms with Crippen LogP contribution in [0.3, 0.4) is 0 Å². The third-order valence-electron chi connectivity index (χ3n) is 4.26. The summed E-state index contributed by atoms with van der Waals surface area (Å²) < 4.78 is 39.8. The van der Waals surface area contributed by atoms with Crippen LogP contribution < -0.4 is 5.32 Å². The Balaban J connectivity index is 2.15. The zero-order chi connectivity index (χ0) is 21.2. The van der Waals surface area contributed by atoms with Gasteiger partial charge in [0.15, 0.2) is 5.65 Å². The van der Waals surface area contributed by atoms with Gasteiger partial charge in [-0.05, 0) is 42.0 Å². The van der Waals surface area contributed by atoms with Gasteiger partial charge in [-0.3, -0.25) is 4.79 Å². The van der Waals surface area contributed by atoms with Crippen LogP contribution in [0.4, 0.5) is 13.2 Å². The Morgan fingerprint density at radius 3 is 2.55 bits per heavy atom. The lowest BCUT2D eigenvalue weighted by Crippen LogP contribution is -2.20. The molecule has 3 N–H and O–H groups in total. The highest BCUT2D eigenvalue weighted by molar-refractivity contribution is 5.88. The molecule has 0 bridgehead atoms. The van der Waals surface area contributed by atoms with Crippen LogP contribution in [0.15, 0.2) is 49.2 Å². The maximum absolute atomic E-state index is 12.8. The number of carbonyl (C=O) groups excluding carboxylic acids is 1. The molecule has 7 nitrogen and oxygen atoms in total. The van der Waals surface area contributed by atoms with Crippen LogP contribution in [0.1, 0.15) is 22.9 Å². The molecule has 29 heavy (non-hydrogen) atoms. The van der Waals surface area contributed by atoms with Crippen LogP contribution in [0.25, 0.3) is 16.7 Å². The fraction of sp³-hybridized carbons (Fsp3) is 0.211. The summed E-state index contributed by atoms with van der Waals surface area (Å²) in [7, 11) is 0. The van der Waals surface area contributed by atoms with E-state index in [1.165, 1.54) is 29.1 Å². The van der Waals surface area contributed by atoms with Crippen LogP contribution >= 0.6 is 0 Å². The van der Waals surface area contributed by atoms with Gasteiger partial charge in [-0.2, -0.15) is 18.3 Å². The summed E-state index contributed by atoms with van der Waals surface area (Å²) in [5.74, 6) is -0.449. The minimum absolute atomic E-state index is 0.0359. The first-order chi connectivity index (χ1) is 13.8. The van der Waals surface area contributed by atoms with E-state index in [0.717, 1.165) is 18.2 Å². The molecule has 1 aromatic carbocycles. The van der Waals surface area contributed by atoms with Gasteiger partial charge < -0.3 is 15.5 Å². The second-order valence-electron chi connectivity index (χ2n) is 6.12. The molecule has 2 aromatic heterocycles. The van der Waals surface area contributed by atoms with Crippen LogP contribution in [-0.2, 0) is 17.5 Å². The summed E-state index contributed by atoms with van der Waals surface area (Å²) in [4.78, 5) is 15.8. The van der Waals surface area contributed by atoms with E-state index in [4.69, 9.17) is 0 Å². The Morgan fingerprint density at radius 1 is 1.28 bits per heavy atom. The number of aliphatic hydroxyl groups excluding tert-OH is 2. The molecule has 0 unspecified atom stereocenters. The first-order valence-electron chi connectivity index (χ1n) is 8.49. The molecule has 3 aromatic rings. The molecule has 0 aliphatic heterocycles. The lowest BCUT2D eigenvalue weighted by molar-refractivity contribution is -0.137. The second-order valence-corrected chi connectivity index (χ2v) is 6.12. The molecule has 0 fully saturated rings. The number of carbonyl (C=O) groups is 1. The molecule has 1 amide bonds. The van der Waals surface area contributed by atoms with Gasteiger partial charge in [0.2, 0.25) is 5.91 Å². The van der Waals surface area contributed by atoms with Crippen molar-refractivity contribution in [3.8, 4) is 5.69 Å². The number of benzene rings is 1. The van der Waals surface area contributed by atoms with Crippen LogP contribution in [0.2, 0.25) is 0 Å². The number of aliphatic hydroxyl groups is 2. The first-order valence-corrected chi connectivity index (χ1v) is 8.49. The number of aromatic nitrogens is 3. The normalized spacial score (nSPS) is 12.7. The molecule has 2 heterocycles. The molecule has 0 saturated carbocycles. The van der Waals surface area contributed by atoms with E-state index < -0.39 is 30.4 Å². The third kappa shape index (κ3) is 4.13. The van der Waals surface area contributed by atoms with E-state index in [2.05, 4.69) is 22.0 Å². The highest BCUT2D eigenvalue weighted by Crippen LogP contribution is 2.31. The van der Waals surface area contributed by atoms with Crippen molar-refractivity contribution in [2.75, 3.05) is 6.61 Å². The highest BCUT2D eigenvalue weighted by atomic mass is 19.4. The van der Waals surface area contributed by atoms with Gasteiger partial charge in [0.25, 0.3) is 0 Å². The van der Waals surface area contributed by atoms with Crippen molar-refractivity contribution in [1.29, 1.82) is 0 Å². The van der Waals surface area contributed by atoms with Gasteiger partial charge in [-0.1, -0.05) is 6.58 Å². The number of nitrogens with zero attached hydrogens (tertiary/aromatic N) is 3. The summed E-state index contributed by atoms with van der Waals surface area (Å²) >= 11 is 0. The van der Waals surface area contributed by atoms with Gasteiger partial charge in [0.1, 0.15) is 6.10 Å². The molecule has 0 aliphatic carbocycles. The summed E-state index contributed by atoms with van der Waals surface area (Å²) in [5.41, 5.74) is 0.426. The van der Waals surface area contributed by atoms with Crippen molar-refractivity contribution in [1.82, 2.24) is 20.1 Å². The van der Waals surface area contributed by atoms with Gasteiger partial charge in [0, 0.05) is 6.20 Å². The van der Waals surface area contributed by atoms with Gasteiger partial charge in [-0.15, -0.1) is 0 Å². The van der Waals surface area contributed by atoms with E-state index >= 15 is 0 Å². The largest absolute Gasteiger partial charge is 0.416 e. The number of hydrogen-bond acceptors (Lipinski definition) is 5. The quantitative estimate of drug-likeness (QED) is 0.546. The monoisotopic (exact) mass is 406 g/mol. The second kappa shape index (κ2) is 8.02. The Hall–Kier alpha value is -3.24. The number of hydrogen-bond donors (Lipinski definition) is 3. The Bertz CT molecular complexity index is 1050. The fourth-order valence-electron chi connectivity index (χ4n) is 2.85. The van der Waals surface area contributed by atoms with Crippen molar-refractivity contribution in [2.45, 2.75) is 18.8 Å². The minimum Gasteiger partial charge on any atom is -0.393 e. The average Bonchev–Trinajstić information content (AvgIpc) is 3.09. The number of nitrogens with one attached hydrogen (secondary N) is 1. The summed E-state index contributed by atoms with van der Waals surface area (Å²) in [6.07, 6.45) is -3.22. The summed E-state index contributed by atoms with van der Waals surface area (Å²) in [6, 6.07) is 5.85. The SMILES string of the molecule is C=CC(=O)NCc1nn(-c2ccc(C(F)(F)F)cc2)c2nccc([C@@H](O)CO)c12. The number of halogens is 3. The van der Waals surface area contributed by atoms with Gasteiger partial charge in [-0.25, -0.2) is 9.67 Å². The third-order valence-corrected chi connectivity index (χ3v) is 4.26. The van der Waals surface area contributed by atoms with E-state index in [9.17, 15) is 28.2 Å². The molecule has 0 radical (unpaired) electrons. The van der Waals surface area contributed by atoms with Crippen molar-refractivity contribution in [2.24, 2.45) is 0 Å². The molecular weight excluding hydrogens is 389 g/mol. The van der Waals surface area contributed by atoms with Crippen molar-refractivity contribution in [3.05, 3.63) is 66.0 Å². The molecule has 3 rings (SSSR count). The molecule has 10 heteroatoms. The van der Waals surface area contributed by atoms with Crippen molar-refractivity contribution < 1.29 is 28.2 Å². The van der Waals surface area contributed by atoms with E-state index in [0.29, 0.717) is 22.3 Å². The van der Waals surface area contributed by atoms with E-state index in [-0.39, 0.29) is 12.2 Å². The fourth-order valence-corrected chi connectivity index (χ4v) is 2.85. The lowest BCUT2D eigenvalue weighted by Gasteiger charge is -2.10. The Kier molecular flexibility index (Phi) is 5.66. The summed E-state index contributed by atoms with van der Waals surface area (Å²) in [6.45, 7) is 2.77. The number of fused-ring (bicyclic) bond motifs is 1. The Morgan fingerprint density at radius 2 is 1.97 bits per heavy atom. The molecule has 0 spiro atoms. The topological polar surface area (TPSA) is 100 Å². The van der Waals surface area contributed by atoms with E-state index in [1.54, 1.807) is 0 Å². The number of amides is 1. The number of pyridine rings is 1. The summed E-state index contributed by atoms with van der Waals surface area (Å²) in [5, 5.41) is 26.8. The average molecular weight is 406 g/mol. The van der Waals surface area contributed by atoms with Gasteiger partial charge >= 0.3 is 6.18 Å². The lowest BCUT2D eigenvalue weighted by atomic mass is 10.1. The zero-order valence-electron chi connectivity index (χ0n) is 15.0. The highest BCUT2D eigenvalue weighted by Gasteiger charge is 2.30. The van der Waals surface area contributed by atoms with Crippen LogP contribution in [-0.4, -0.2) is 37.5 Å². The molecule has 0 saturated heterocycles. The maximum atomic E-state index is 12.8. The predicted octanol–water partition coefficient (Wildman–Crippen LogP) is 2.27. The minimum atomic E-state index is -4.47. The Labute approximate surface area is 163 Å². The number of rotatable bonds is 6. The molecule has 1 atom stereocenters.